The topological polar surface area (TPSA) is 84.7 Å². The fourth-order valence-electron chi connectivity index (χ4n) is 3.02. The number of rotatable bonds is 4. The predicted octanol–water partition coefficient (Wildman–Crippen LogP) is 1.82. The smallest absolute Gasteiger partial charge is 0.308 e. The van der Waals surface area contributed by atoms with Crippen LogP contribution in [0.25, 0.3) is 5.69 Å². The standard InChI is InChI=1S/C17H19N3O4/c1-11-14(17(22)23)7-9-19(11)16(21)15-8-10-20(18-15)12-3-5-13(24-2)6-4-12/h3-6,8,10-11,14H,7,9H2,1-2H3,(H,22,23). The zero-order valence-corrected chi connectivity index (χ0v) is 13.5. The summed E-state index contributed by atoms with van der Waals surface area (Å²) in [7, 11) is 1.60. The summed E-state index contributed by atoms with van der Waals surface area (Å²) in [6.45, 7) is 2.20. The molecular weight excluding hydrogens is 310 g/mol. The van der Waals surface area contributed by atoms with E-state index in [1.165, 1.54) is 0 Å². The average molecular weight is 329 g/mol. The lowest BCUT2D eigenvalue weighted by Gasteiger charge is -2.22. The summed E-state index contributed by atoms with van der Waals surface area (Å²) in [5.74, 6) is -0.870. The SMILES string of the molecule is COc1ccc(-n2ccc(C(=O)N3CCC(C(=O)O)C3C)n2)cc1. The van der Waals surface area contributed by atoms with Gasteiger partial charge in [0.1, 0.15) is 5.75 Å². The summed E-state index contributed by atoms with van der Waals surface area (Å²) in [6, 6.07) is 8.64. The van der Waals surface area contributed by atoms with Gasteiger partial charge in [0, 0.05) is 18.8 Å². The molecule has 7 heteroatoms. The van der Waals surface area contributed by atoms with Crippen LogP contribution in [0.3, 0.4) is 0 Å². The molecule has 1 aromatic heterocycles. The largest absolute Gasteiger partial charge is 0.497 e. The lowest BCUT2D eigenvalue weighted by molar-refractivity contribution is -0.142. The monoisotopic (exact) mass is 329 g/mol. The van der Waals surface area contributed by atoms with Crippen LogP contribution < -0.4 is 4.74 Å². The van der Waals surface area contributed by atoms with Gasteiger partial charge in [-0.25, -0.2) is 4.68 Å². The fraction of sp³-hybridized carbons (Fsp3) is 0.353. The van der Waals surface area contributed by atoms with Gasteiger partial charge in [-0.15, -0.1) is 0 Å². The summed E-state index contributed by atoms with van der Waals surface area (Å²) in [5, 5.41) is 13.5. The Kier molecular flexibility index (Phi) is 4.24. The van der Waals surface area contributed by atoms with Crippen LogP contribution in [0, 0.1) is 5.92 Å². The van der Waals surface area contributed by atoms with Gasteiger partial charge in [-0.05, 0) is 43.7 Å². The first-order chi connectivity index (χ1) is 11.5. The van der Waals surface area contributed by atoms with Crippen LogP contribution in [-0.2, 0) is 4.79 Å². The number of carboxylic acid groups (broad SMARTS) is 1. The second-order valence-electron chi connectivity index (χ2n) is 5.82. The molecule has 1 aliphatic rings. The third kappa shape index (κ3) is 2.84. The van der Waals surface area contributed by atoms with Crippen molar-refractivity contribution < 1.29 is 19.4 Å². The molecule has 24 heavy (non-hydrogen) atoms. The van der Waals surface area contributed by atoms with Crippen LogP contribution in [0.1, 0.15) is 23.8 Å². The summed E-state index contributed by atoms with van der Waals surface area (Å²) < 4.78 is 6.73. The Morgan fingerprint density at radius 2 is 1.96 bits per heavy atom. The lowest BCUT2D eigenvalue weighted by atomic mass is 10.0. The highest BCUT2D eigenvalue weighted by Crippen LogP contribution is 2.26. The van der Waals surface area contributed by atoms with Gasteiger partial charge in [0.25, 0.3) is 5.91 Å². The number of nitrogens with zero attached hydrogens (tertiary/aromatic N) is 3. The summed E-state index contributed by atoms with van der Waals surface area (Å²) in [6.07, 6.45) is 2.19. The maximum Gasteiger partial charge on any atom is 0.308 e. The van der Waals surface area contributed by atoms with Gasteiger partial charge in [0.15, 0.2) is 5.69 Å². The second-order valence-corrected chi connectivity index (χ2v) is 5.82. The minimum atomic E-state index is -0.860. The van der Waals surface area contributed by atoms with Gasteiger partial charge in [-0.3, -0.25) is 9.59 Å². The van der Waals surface area contributed by atoms with E-state index in [2.05, 4.69) is 5.10 Å². The van der Waals surface area contributed by atoms with Gasteiger partial charge in [0.05, 0.1) is 18.7 Å². The van der Waals surface area contributed by atoms with Crippen molar-refractivity contribution in [3.8, 4) is 11.4 Å². The van der Waals surface area contributed by atoms with Crippen LogP contribution in [-0.4, -0.2) is 51.4 Å². The highest BCUT2D eigenvalue weighted by atomic mass is 16.5. The number of likely N-dealkylation sites (tertiary alicyclic amines) is 1. The minimum absolute atomic E-state index is 0.237. The number of hydrogen-bond donors (Lipinski definition) is 1. The molecular formula is C17H19N3O4. The number of methoxy groups -OCH3 is 1. The molecule has 1 aromatic carbocycles. The lowest BCUT2D eigenvalue weighted by Crippen LogP contribution is -2.37. The van der Waals surface area contributed by atoms with E-state index in [9.17, 15) is 14.7 Å². The maximum atomic E-state index is 12.6. The summed E-state index contributed by atoms with van der Waals surface area (Å²) in [4.78, 5) is 25.4. The number of carbonyl (C=O) groups excluding carboxylic acids is 1. The molecule has 3 rings (SSSR count). The Hall–Kier alpha value is -2.83. The van der Waals surface area contributed by atoms with Crippen LogP contribution in [0.15, 0.2) is 36.5 Å². The first-order valence-electron chi connectivity index (χ1n) is 7.75. The zero-order valence-electron chi connectivity index (χ0n) is 13.5. The molecule has 0 bridgehead atoms. The molecule has 1 amide bonds. The molecule has 2 aromatic rings. The van der Waals surface area contributed by atoms with Crippen LogP contribution in [0.4, 0.5) is 0 Å². The molecule has 1 N–H and O–H groups in total. The van der Waals surface area contributed by atoms with Crippen molar-refractivity contribution in [3.05, 3.63) is 42.2 Å². The normalized spacial score (nSPS) is 20.2. The van der Waals surface area contributed by atoms with Crippen molar-refractivity contribution in [1.29, 1.82) is 0 Å². The van der Waals surface area contributed by atoms with E-state index < -0.39 is 11.9 Å². The molecule has 0 aliphatic carbocycles. The molecule has 126 valence electrons. The predicted molar refractivity (Wildman–Crippen MR) is 86.4 cm³/mol. The Balaban J connectivity index is 1.77. The number of benzene rings is 1. The molecule has 2 heterocycles. The Morgan fingerprint density at radius 1 is 1.25 bits per heavy atom. The molecule has 1 aliphatic heterocycles. The highest BCUT2D eigenvalue weighted by molar-refractivity contribution is 5.93. The van der Waals surface area contributed by atoms with Gasteiger partial charge in [0.2, 0.25) is 0 Å². The van der Waals surface area contributed by atoms with E-state index in [1.807, 2.05) is 24.3 Å². The van der Waals surface area contributed by atoms with E-state index in [0.717, 1.165) is 11.4 Å². The van der Waals surface area contributed by atoms with Gasteiger partial charge >= 0.3 is 5.97 Å². The number of aromatic nitrogens is 2. The molecule has 0 saturated carbocycles. The molecule has 1 fully saturated rings. The van der Waals surface area contributed by atoms with Gasteiger partial charge in [-0.2, -0.15) is 5.10 Å². The van der Waals surface area contributed by atoms with E-state index in [1.54, 1.807) is 35.9 Å². The van der Waals surface area contributed by atoms with Crippen LogP contribution >= 0.6 is 0 Å². The highest BCUT2D eigenvalue weighted by Gasteiger charge is 2.38. The van der Waals surface area contributed by atoms with E-state index in [0.29, 0.717) is 18.7 Å². The van der Waals surface area contributed by atoms with Crippen molar-refractivity contribution in [3.63, 3.8) is 0 Å². The minimum Gasteiger partial charge on any atom is -0.497 e. The van der Waals surface area contributed by atoms with Gasteiger partial charge in [-0.1, -0.05) is 0 Å². The van der Waals surface area contributed by atoms with Crippen molar-refractivity contribution in [2.45, 2.75) is 19.4 Å². The number of carboxylic acids is 1. The summed E-state index contributed by atoms with van der Waals surface area (Å²) in [5.41, 5.74) is 1.12. The molecule has 0 spiro atoms. The van der Waals surface area contributed by atoms with Gasteiger partial charge < -0.3 is 14.7 Å². The second kappa shape index (κ2) is 6.35. The Morgan fingerprint density at radius 3 is 2.54 bits per heavy atom. The molecule has 1 saturated heterocycles. The van der Waals surface area contributed by atoms with E-state index in [4.69, 9.17) is 4.74 Å². The molecule has 7 nitrogen and oxygen atoms in total. The average Bonchev–Trinajstić information content (AvgIpc) is 3.21. The first kappa shape index (κ1) is 16.0. The first-order valence-corrected chi connectivity index (χ1v) is 7.75. The fourth-order valence-corrected chi connectivity index (χ4v) is 3.02. The summed E-state index contributed by atoms with van der Waals surface area (Å²) >= 11 is 0. The molecule has 0 radical (unpaired) electrons. The quantitative estimate of drug-likeness (QED) is 0.925. The number of aliphatic carboxylic acids is 1. The van der Waals surface area contributed by atoms with Crippen LogP contribution in [0.2, 0.25) is 0 Å². The third-order valence-corrected chi connectivity index (χ3v) is 4.48. The number of carbonyl (C=O) groups is 2. The molecule has 2 unspecified atom stereocenters. The van der Waals surface area contributed by atoms with Crippen LogP contribution in [0.5, 0.6) is 5.75 Å². The maximum absolute atomic E-state index is 12.6. The Bertz CT molecular complexity index is 753. The van der Waals surface area contributed by atoms with Crippen molar-refractivity contribution in [2.75, 3.05) is 13.7 Å². The van der Waals surface area contributed by atoms with Crippen molar-refractivity contribution in [2.24, 2.45) is 5.92 Å². The van der Waals surface area contributed by atoms with Crippen molar-refractivity contribution >= 4 is 11.9 Å². The number of ether oxygens (including phenoxy) is 1. The Labute approximate surface area is 139 Å². The number of amides is 1. The third-order valence-electron chi connectivity index (χ3n) is 4.48. The zero-order chi connectivity index (χ0) is 17.3. The van der Waals surface area contributed by atoms with Crippen molar-refractivity contribution in [1.82, 2.24) is 14.7 Å². The number of hydrogen-bond acceptors (Lipinski definition) is 4. The molecule has 2 atom stereocenters. The van der Waals surface area contributed by atoms with E-state index >= 15 is 0 Å². The van der Waals surface area contributed by atoms with E-state index in [-0.39, 0.29) is 11.9 Å².